The maximum Gasteiger partial charge on any atom is 0.228 e. The first-order valence-corrected chi connectivity index (χ1v) is 11.2. The summed E-state index contributed by atoms with van der Waals surface area (Å²) in [5, 5.41) is 0. The van der Waals surface area contributed by atoms with E-state index < -0.39 is 0 Å². The fourth-order valence-corrected chi connectivity index (χ4v) is 8.08. The van der Waals surface area contributed by atoms with Crippen molar-refractivity contribution in [1.82, 2.24) is 4.90 Å². The number of rotatable bonds is 2. The Bertz CT molecular complexity index is 773. The Labute approximate surface area is 170 Å². The highest BCUT2D eigenvalue weighted by Crippen LogP contribution is 2.62. The molecule has 0 aromatic heterocycles. The van der Waals surface area contributed by atoms with E-state index in [1.165, 1.54) is 24.8 Å². The third-order valence-corrected chi connectivity index (χ3v) is 8.44. The normalized spacial score (nSPS) is 38.6. The van der Waals surface area contributed by atoms with E-state index >= 15 is 0 Å². The van der Waals surface area contributed by atoms with E-state index in [1.807, 2.05) is 0 Å². The number of nitrogens with two attached hydrogens (primary N) is 1. The molecule has 3 aliphatic carbocycles. The van der Waals surface area contributed by atoms with Crippen molar-refractivity contribution in [2.45, 2.75) is 77.2 Å². The zero-order valence-electron chi connectivity index (χ0n) is 17.8. The Morgan fingerprint density at radius 1 is 0.964 bits per heavy atom. The van der Waals surface area contributed by atoms with Gasteiger partial charge in [0.25, 0.3) is 0 Å². The molecule has 3 heteroatoms. The van der Waals surface area contributed by atoms with Crippen LogP contribution in [0.3, 0.4) is 0 Å². The second-order valence-electron chi connectivity index (χ2n) is 12.0. The van der Waals surface area contributed by atoms with Crippen LogP contribution in [0.5, 0.6) is 0 Å². The molecule has 28 heavy (non-hydrogen) atoms. The van der Waals surface area contributed by atoms with Crippen LogP contribution < -0.4 is 5.73 Å². The van der Waals surface area contributed by atoms with Gasteiger partial charge in [0.2, 0.25) is 5.91 Å². The molecule has 1 aromatic rings. The van der Waals surface area contributed by atoms with Gasteiger partial charge in [0, 0.05) is 30.0 Å². The minimum atomic E-state index is -0.220. The molecule has 0 radical (unpaired) electrons. The summed E-state index contributed by atoms with van der Waals surface area (Å²) >= 11 is 0. The Balaban J connectivity index is 1.41. The lowest BCUT2D eigenvalue weighted by Gasteiger charge is -2.62. The molecule has 152 valence electrons. The van der Waals surface area contributed by atoms with Crippen molar-refractivity contribution in [3.8, 4) is 0 Å². The second-order valence-corrected chi connectivity index (χ2v) is 12.0. The van der Waals surface area contributed by atoms with Crippen LogP contribution in [0, 0.1) is 22.2 Å². The fraction of sp³-hybridized carbons (Fsp3) is 0.720. The lowest BCUT2D eigenvalue weighted by atomic mass is 9.47. The van der Waals surface area contributed by atoms with Gasteiger partial charge >= 0.3 is 0 Å². The topological polar surface area (TPSA) is 46.3 Å². The Morgan fingerprint density at radius 3 is 2.29 bits per heavy atom. The molecule has 3 nitrogen and oxygen atoms in total. The summed E-state index contributed by atoms with van der Waals surface area (Å²) in [6, 6.07) is 11.4. The van der Waals surface area contributed by atoms with E-state index in [4.69, 9.17) is 5.73 Å². The minimum Gasteiger partial charge on any atom is -0.341 e. The summed E-state index contributed by atoms with van der Waals surface area (Å²) in [5.41, 5.74) is 8.13. The smallest absolute Gasteiger partial charge is 0.228 e. The number of carbonyl (C=O) groups excluding carboxylic acids is 1. The van der Waals surface area contributed by atoms with Gasteiger partial charge in [-0.05, 0) is 67.3 Å². The summed E-state index contributed by atoms with van der Waals surface area (Å²) in [5.74, 6) is 1.07. The highest BCUT2D eigenvalue weighted by molar-refractivity contribution is 5.84. The standard InChI is InChI=1S/C25H36N2O/c1-22(2)9-18-10-23(3,21(28)27-16-24(17-27)12-20(26)13-24)15-25(11-18,14-22)19-7-5-4-6-8-19/h4-8,18,20H,9-17,26H2,1-3H3. The molecule has 1 heterocycles. The summed E-state index contributed by atoms with van der Waals surface area (Å²) in [6.45, 7) is 9.03. The highest BCUT2D eigenvalue weighted by Gasteiger charge is 2.59. The van der Waals surface area contributed by atoms with Crippen molar-refractivity contribution in [3.05, 3.63) is 35.9 Å². The number of carbonyl (C=O) groups is 1. The first-order chi connectivity index (χ1) is 13.1. The van der Waals surface area contributed by atoms with Crippen LogP contribution in [-0.4, -0.2) is 29.9 Å². The molecule has 3 saturated carbocycles. The molecule has 1 saturated heterocycles. The predicted molar refractivity (Wildman–Crippen MR) is 113 cm³/mol. The summed E-state index contributed by atoms with van der Waals surface area (Å²) in [4.78, 5) is 15.8. The van der Waals surface area contributed by atoms with Crippen LogP contribution in [0.15, 0.2) is 30.3 Å². The molecule has 4 fully saturated rings. The zero-order chi connectivity index (χ0) is 19.8. The number of hydrogen-bond donors (Lipinski definition) is 1. The first kappa shape index (κ1) is 18.7. The summed E-state index contributed by atoms with van der Waals surface area (Å²) in [6.07, 6.45) is 7.99. The fourth-order valence-electron chi connectivity index (χ4n) is 8.08. The van der Waals surface area contributed by atoms with Crippen molar-refractivity contribution in [2.24, 2.45) is 27.9 Å². The third-order valence-electron chi connectivity index (χ3n) is 8.44. The lowest BCUT2D eigenvalue weighted by molar-refractivity contribution is -0.168. The van der Waals surface area contributed by atoms with Gasteiger partial charge in [-0.1, -0.05) is 51.1 Å². The van der Waals surface area contributed by atoms with E-state index in [2.05, 4.69) is 56.0 Å². The molecule has 4 aliphatic rings. The van der Waals surface area contributed by atoms with E-state index in [-0.39, 0.29) is 10.8 Å². The van der Waals surface area contributed by atoms with Crippen molar-refractivity contribution in [3.63, 3.8) is 0 Å². The first-order valence-electron chi connectivity index (χ1n) is 11.2. The summed E-state index contributed by atoms with van der Waals surface area (Å²) in [7, 11) is 0. The van der Waals surface area contributed by atoms with Crippen LogP contribution in [0.1, 0.15) is 71.3 Å². The predicted octanol–water partition coefficient (Wildman–Crippen LogP) is 4.50. The maximum absolute atomic E-state index is 13.7. The number of hydrogen-bond acceptors (Lipinski definition) is 2. The molecular weight excluding hydrogens is 344 g/mol. The van der Waals surface area contributed by atoms with E-state index in [0.717, 1.165) is 38.8 Å². The van der Waals surface area contributed by atoms with E-state index in [0.29, 0.717) is 28.7 Å². The van der Waals surface area contributed by atoms with Gasteiger partial charge < -0.3 is 10.6 Å². The third kappa shape index (κ3) is 2.84. The van der Waals surface area contributed by atoms with Crippen molar-refractivity contribution in [2.75, 3.05) is 13.1 Å². The molecule has 1 aromatic carbocycles. The largest absolute Gasteiger partial charge is 0.341 e. The molecule has 2 bridgehead atoms. The average Bonchev–Trinajstić information content (AvgIpc) is 2.55. The molecule has 5 rings (SSSR count). The Kier molecular flexibility index (Phi) is 3.89. The van der Waals surface area contributed by atoms with Gasteiger partial charge in [0.05, 0.1) is 0 Å². The number of benzene rings is 1. The van der Waals surface area contributed by atoms with Gasteiger partial charge in [0.15, 0.2) is 0 Å². The monoisotopic (exact) mass is 380 g/mol. The van der Waals surface area contributed by atoms with Crippen molar-refractivity contribution < 1.29 is 4.79 Å². The number of fused-ring (bicyclic) bond motifs is 2. The molecule has 1 amide bonds. The molecule has 3 atom stereocenters. The average molecular weight is 381 g/mol. The molecule has 2 N–H and O–H groups in total. The van der Waals surface area contributed by atoms with Gasteiger partial charge in [-0.25, -0.2) is 0 Å². The molecular formula is C25H36N2O. The number of nitrogens with zero attached hydrogens (tertiary/aromatic N) is 1. The van der Waals surface area contributed by atoms with Crippen LogP contribution in [0.25, 0.3) is 0 Å². The van der Waals surface area contributed by atoms with Gasteiger partial charge in [-0.15, -0.1) is 0 Å². The number of likely N-dealkylation sites (tertiary alicyclic amines) is 1. The van der Waals surface area contributed by atoms with Crippen LogP contribution in [0.4, 0.5) is 0 Å². The highest BCUT2D eigenvalue weighted by atomic mass is 16.2. The van der Waals surface area contributed by atoms with Crippen LogP contribution >= 0.6 is 0 Å². The van der Waals surface area contributed by atoms with Gasteiger partial charge in [0.1, 0.15) is 0 Å². The molecule has 1 aliphatic heterocycles. The zero-order valence-corrected chi connectivity index (χ0v) is 17.8. The SMILES string of the molecule is CC1(C)CC2CC(C)(C(=O)N3CC4(CC(N)C4)C3)CC(c3ccccc3)(C2)C1. The Morgan fingerprint density at radius 2 is 1.64 bits per heavy atom. The lowest BCUT2D eigenvalue weighted by Crippen LogP contribution is -2.68. The second kappa shape index (κ2) is 5.84. The van der Waals surface area contributed by atoms with Crippen molar-refractivity contribution in [1.29, 1.82) is 0 Å². The van der Waals surface area contributed by atoms with Gasteiger partial charge in [-0.2, -0.15) is 0 Å². The number of amides is 1. The van der Waals surface area contributed by atoms with E-state index in [9.17, 15) is 4.79 Å². The van der Waals surface area contributed by atoms with E-state index in [1.54, 1.807) is 0 Å². The van der Waals surface area contributed by atoms with Gasteiger partial charge in [-0.3, -0.25) is 4.79 Å². The summed E-state index contributed by atoms with van der Waals surface area (Å²) < 4.78 is 0. The van der Waals surface area contributed by atoms with Crippen molar-refractivity contribution >= 4 is 5.91 Å². The Hall–Kier alpha value is -1.35. The molecule has 3 unspecified atom stereocenters. The minimum absolute atomic E-state index is 0.151. The quantitative estimate of drug-likeness (QED) is 0.821. The van der Waals surface area contributed by atoms with Crippen LogP contribution in [0.2, 0.25) is 0 Å². The molecule has 1 spiro atoms. The van der Waals surface area contributed by atoms with Crippen LogP contribution in [-0.2, 0) is 10.2 Å². The maximum atomic E-state index is 13.7.